The van der Waals surface area contributed by atoms with E-state index >= 15 is 0 Å². The Morgan fingerprint density at radius 2 is 0.606 bits per heavy atom. The fourth-order valence-electron chi connectivity index (χ4n) is 10.7. The summed E-state index contributed by atoms with van der Waals surface area (Å²) in [6, 6.07) is 88.0. The van der Waals surface area contributed by atoms with Crippen LogP contribution in [0.4, 0.5) is 0 Å². The van der Waals surface area contributed by atoms with Crippen LogP contribution in [-0.2, 0) is 0 Å². The van der Waals surface area contributed by atoms with Crippen LogP contribution in [0.2, 0.25) is 0 Å². The van der Waals surface area contributed by atoms with Crippen LogP contribution in [0.1, 0.15) is 0 Å². The first kappa shape index (κ1) is 40.5. The van der Waals surface area contributed by atoms with Gasteiger partial charge in [0.05, 0.1) is 33.8 Å². The van der Waals surface area contributed by atoms with E-state index < -0.39 is 0 Å². The molecule has 3 heterocycles. The predicted molar refractivity (Wildman–Crippen MR) is 295 cm³/mol. The molecule has 0 bridgehead atoms. The van der Waals surface area contributed by atoms with Crippen LogP contribution >= 0.6 is 0 Å². The van der Waals surface area contributed by atoms with E-state index in [-0.39, 0.29) is 0 Å². The number of benzene rings is 11. The van der Waals surface area contributed by atoms with Crippen molar-refractivity contribution in [3.05, 3.63) is 249 Å². The maximum absolute atomic E-state index is 5.28. The highest BCUT2D eigenvalue weighted by Gasteiger charge is 2.24. The SMILES string of the molecule is c1ccc(-c2cc(-c3ccccc3)nc(-c3ccc4c(c3)c3ccccc3c3c4c4ccccc4c4c5ccc(-c6nc(-c7ccccc7)cc(-c7ccccc7)n6)cc5n(-c5ccccc5)c43)n2)cc1. The van der Waals surface area contributed by atoms with Crippen LogP contribution in [0.5, 0.6) is 0 Å². The van der Waals surface area contributed by atoms with E-state index in [1.165, 1.54) is 43.1 Å². The lowest BCUT2D eigenvalue weighted by atomic mass is 9.88. The maximum Gasteiger partial charge on any atom is 0.160 e. The smallest absolute Gasteiger partial charge is 0.160 e. The van der Waals surface area contributed by atoms with Crippen LogP contribution in [-0.4, -0.2) is 24.5 Å². The lowest BCUT2D eigenvalue weighted by Crippen LogP contribution is -1.98. The van der Waals surface area contributed by atoms with E-state index in [4.69, 9.17) is 19.9 Å². The molecule has 0 fully saturated rings. The molecule has 71 heavy (non-hydrogen) atoms. The molecule has 11 aromatic carbocycles. The predicted octanol–water partition coefficient (Wildman–Crippen LogP) is 17.0. The average molecular weight is 904 g/mol. The summed E-state index contributed by atoms with van der Waals surface area (Å²) in [5.41, 5.74) is 12.9. The lowest BCUT2D eigenvalue weighted by molar-refractivity contribution is 1.17. The van der Waals surface area contributed by atoms with Gasteiger partial charge >= 0.3 is 0 Å². The highest BCUT2D eigenvalue weighted by Crippen LogP contribution is 2.49. The van der Waals surface area contributed by atoms with Crippen molar-refractivity contribution in [3.8, 4) is 73.5 Å². The molecule has 0 aliphatic heterocycles. The van der Waals surface area contributed by atoms with Crippen LogP contribution in [0.25, 0.3) is 138 Å². The minimum atomic E-state index is 0.674. The minimum absolute atomic E-state index is 0.674. The highest BCUT2D eigenvalue weighted by molar-refractivity contribution is 6.42. The molecule has 0 radical (unpaired) electrons. The second-order valence-corrected chi connectivity index (χ2v) is 18.1. The molecule has 0 spiro atoms. The molecule has 0 N–H and O–H groups in total. The first-order chi connectivity index (χ1) is 35.2. The van der Waals surface area contributed by atoms with Gasteiger partial charge in [0, 0.05) is 60.6 Å². The second kappa shape index (κ2) is 16.6. The van der Waals surface area contributed by atoms with Crippen molar-refractivity contribution in [2.24, 2.45) is 0 Å². The van der Waals surface area contributed by atoms with Crippen molar-refractivity contribution in [2.75, 3.05) is 0 Å². The third kappa shape index (κ3) is 6.78. The van der Waals surface area contributed by atoms with Gasteiger partial charge in [-0.05, 0) is 68.7 Å². The molecule has 14 rings (SSSR count). The molecule has 0 aliphatic carbocycles. The fraction of sp³-hybridized carbons (Fsp3) is 0. The standard InChI is InChI=1S/C66H41N5/c1-6-20-42(21-7-1)56-40-57(43-22-8-2-9-23-43)68-65(67-56)46-34-36-53-55(38-46)49-30-16-17-31-50(49)63-61(53)51-32-18-19-33-52(51)62-54-37-35-47(39-60(54)71(64(62)63)48-28-14-5-15-29-48)66-69-58(44-24-10-3-11-25-44)41-59(70-66)45-26-12-4-13-27-45/h1-41H. The van der Waals surface area contributed by atoms with Gasteiger partial charge in [-0.15, -0.1) is 0 Å². The summed E-state index contributed by atoms with van der Waals surface area (Å²) in [7, 11) is 0. The van der Waals surface area contributed by atoms with Gasteiger partial charge in [0.1, 0.15) is 0 Å². The molecule has 0 saturated heterocycles. The van der Waals surface area contributed by atoms with E-state index in [0.717, 1.165) is 83.6 Å². The molecule has 330 valence electrons. The van der Waals surface area contributed by atoms with Crippen molar-refractivity contribution in [1.29, 1.82) is 0 Å². The van der Waals surface area contributed by atoms with E-state index in [2.05, 4.69) is 229 Å². The Balaban J connectivity index is 1.06. The quantitative estimate of drug-likeness (QED) is 0.150. The number of para-hydroxylation sites is 1. The minimum Gasteiger partial charge on any atom is -0.309 e. The molecule has 5 heteroatoms. The lowest BCUT2D eigenvalue weighted by Gasteiger charge is -2.17. The van der Waals surface area contributed by atoms with E-state index in [9.17, 15) is 0 Å². The van der Waals surface area contributed by atoms with Crippen LogP contribution in [0.3, 0.4) is 0 Å². The normalized spacial score (nSPS) is 11.7. The molecular formula is C66H41N5. The molecular weight excluding hydrogens is 863 g/mol. The van der Waals surface area contributed by atoms with Crippen LogP contribution in [0.15, 0.2) is 249 Å². The second-order valence-electron chi connectivity index (χ2n) is 18.1. The van der Waals surface area contributed by atoms with Crippen LogP contribution in [0, 0.1) is 0 Å². The van der Waals surface area contributed by atoms with Gasteiger partial charge in [-0.25, -0.2) is 19.9 Å². The van der Waals surface area contributed by atoms with E-state index in [1.54, 1.807) is 0 Å². The molecule has 0 aliphatic rings. The highest BCUT2D eigenvalue weighted by atomic mass is 15.0. The number of fused-ring (bicyclic) bond motifs is 13. The van der Waals surface area contributed by atoms with Crippen molar-refractivity contribution < 1.29 is 0 Å². The molecule has 0 atom stereocenters. The molecule has 3 aromatic heterocycles. The maximum atomic E-state index is 5.28. The average Bonchev–Trinajstić information content (AvgIpc) is 3.80. The molecule has 0 amide bonds. The first-order valence-electron chi connectivity index (χ1n) is 24.0. The Bertz CT molecular complexity index is 4250. The monoisotopic (exact) mass is 903 g/mol. The van der Waals surface area contributed by atoms with Crippen LogP contribution < -0.4 is 0 Å². The number of nitrogens with zero attached hydrogens (tertiary/aromatic N) is 5. The van der Waals surface area contributed by atoms with Gasteiger partial charge in [0.2, 0.25) is 0 Å². The largest absolute Gasteiger partial charge is 0.309 e. The van der Waals surface area contributed by atoms with Crippen molar-refractivity contribution in [3.63, 3.8) is 0 Å². The molecule has 5 nitrogen and oxygen atoms in total. The van der Waals surface area contributed by atoms with Crippen molar-refractivity contribution in [1.82, 2.24) is 24.5 Å². The topological polar surface area (TPSA) is 56.5 Å². The number of aromatic nitrogens is 5. The summed E-state index contributed by atoms with van der Waals surface area (Å²) in [6.45, 7) is 0. The zero-order valence-electron chi connectivity index (χ0n) is 38.4. The van der Waals surface area contributed by atoms with Gasteiger partial charge in [0.15, 0.2) is 11.6 Å². The summed E-state index contributed by atoms with van der Waals surface area (Å²) in [6.07, 6.45) is 0. The molecule has 0 unspecified atom stereocenters. The summed E-state index contributed by atoms with van der Waals surface area (Å²) in [4.78, 5) is 21.1. The summed E-state index contributed by atoms with van der Waals surface area (Å²) >= 11 is 0. The Morgan fingerprint density at radius 1 is 0.239 bits per heavy atom. The summed E-state index contributed by atoms with van der Waals surface area (Å²) in [5.74, 6) is 1.36. The Morgan fingerprint density at radius 3 is 1.08 bits per heavy atom. The summed E-state index contributed by atoms with van der Waals surface area (Å²) < 4.78 is 2.47. The zero-order valence-corrected chi connectivity index (χ0v) is 38.4. The number of hydrogen-bond donors (Lipinski definition) is 0. The van der Waals surface area contributed by atoms with Gasteiger partial charge in [-0.3, -0.25) is 0 Å². The van der Waals surface area contributed by atoms with E-state index in [0.29, 0.717) is 11.6 Å². The van der Waals surface area contributed by atoms with Gasteiger partial charge in [-0.2, -0.15) is 0 Å². The van der Waals surface area contributed by atoms with Crippen molar-refractivity contribution >= 4 is 64.9 Å². The summed E-state index contributed by atoms with van der Waals surface area (Å²) in [5, 5.41) is 11.9. The first-order valence-corrected chi connectivity index (χ1v) is 24.0. The fourth-order valence-corrected chi connectivity index (χ4v) is 10.7. The third-order valence-electron chi connectivity index (χ3n) is 14.0. The third-order valence-corrected chi connectivity index (χ3v) is 14.0. The molecule has 0 saturated carbocycles. The van der Waals surface area contributed by atoms with Gasteiger partial charge < -0.3 is 4.57 Å². The Labute approximate surface area is 409 Å². The van der Waals surface area contributed by atoms with Crippen molar-refractivity contribution in [2.45, 2.75) is 0 Å². The number of hydrogen-bond acceptors (Lipinski definition) is 4. The Hall–Kier alpha value is -9.58. The zero-order chi connectivity index (χ0) is 46.8. The van der Waals surface area contributed by atoms with Gasteiger partial charge in [0.25, 0.3) is 0 Å². The Kier molecular flexibility index (Phi) is 9.46. The number of rotatable bonds is 7. The van der Waals surface area contributed by atoms with Gasteiger partial charge in [-0.1, -0.05) is 212 Å². The molecule has 14 aromatic rings. The van der Waals surface area contributed by atoms with E-state index in [1.807, 2.05) is 24.3 Å².